The van der Waals surface area contributed by atoms with Crippen molar-refractivity contribution in [2.24, 2.45) is 5.73 Å². The monoisotopic (exact) mass is 309 g/mol. The Morgan fingerprint density at radius 1 is 1.55 bits per heavy atom. The highest BCUT2D eigenvalue weighted by Gasteiger charge is 2.36. The summed E-state index contributed by atoms with van der Waals surface area (Å²) in [5, 5.41) is 10.9. The van der Waals surface area contributed by atoms with E-state index in [0.717, 1.165) is 5.69 Å². The van der Waals surface area contributed by atoms with Gasteiger partial charge in [-0.15, -0.1) is 0 Å². The molecule has 2 rings (SSSR count). The van der Waals surface area contributed by atoms with E-state index >= 15 is 0 Å². The molecule has 1 aromatic rings. The number of imidazole rings is 1. The first kappa shape index (κ1) is 16.0. The zero-order valence-electron chi connectivity index (χ0n) is 12.0. The van der Waals surface area contributed by atoms with Crippen LogP contribution in [-0.2, 0) is 20.8 Å². The average Bonchev–Trinajstić information content (AvgIpc) is 3.14. The first-order chi connectivity index (χ1) is 10.5. The molecule has 120 valence electrons. The number of nitrogens with two attached hydrogens (primary N) is 1. The fourth-order valence-corrected chi connectivity index (χ4v) is 2.52. The lowest BCUT2D eigenvalue weighted by Gasteiger charge is -2.26. The van der Waals surface area contributed by atoms with Crippen LogP contribution in [0.4, 0.5) is 0 Å². The molecular formula is C13H19N5O4. The number of H-pyrrole nitrogens is 1. The number of carbonyl (C=O) groups is 3. The van der Waals surface area contributed by atoms with Crippen LogP contribution < -0.4 is 11.1 Å². The topological polar surface area (TPSA) is 141 Å². The Bertz CT molecular complexity index is 545. The number of aromatic nitrogens is 2. The van der Waals surface area contributed by atoms with Crippen LogP contribution in [-0.4, -0.2) is 62.9 Å². The zero-order valence-corrected chi connectivity index (χ0v) is 12.0. The minimum absolute atomic E-state index is 0.304. The first-order valence-electron chi connectivity index (χ1n) is 7.02. The molecule has 2 atom stereocenters. The molecule has 1 fully saturated rings. The van der Waals surface area contributed by atoms with Gasteiger partial charge >= 0.3 is 5.97 Å². The number of amides is 2. The number of carboxylic acids is 1. The van der Waals surface area contributed by atoms with Crippen LogP contribution in [0.2, 0.25) is 0 Å². The van der Waals surface area contributed by atoms with E-state index in [1.54, 1.807) is 6.20 Å². The summed E-state index contributed by atoms with van der Waals surface area (Å²) in [5.74, 6) is -1.90. The Morgan fingerprint density at radius 3 is 2.95 bits per heavy atom. The van der Waals surface area contributed by atoms with Crippen molar-refractivity contribution in [2.75, 3.05) is 13.1 Å². The molecule has 2 heterocycles. The van der Waals surface area contributed by atoms with Crippen molar-refractivity contribution in [3.05, 3.63) is 18.2 Å². The standard InChI is InChI=1S/C13H19N5O4/c14-9(4-8-5-15-7-17-8)13(22)18-3-1-2-10(18)12(21)16-6-11(19)20/h5,7,9-10H,1-4,6,14H2,(H,15,17)(H,16,21)(H,19,20). The third-order valence-corrected chi connectivity index (χ3v) is 3.56. The molecule has 9 heteroatoms. The Morgan fingerprint density at radius 2 is 2.32 bits per heavy atom. The van der Waals surface area contributed by atoms with Crippen LogP contribution in [0.25, 0.3) is 0 Å². The van der Waals surface area contributed by atoms with Gasteiger partial charge in [-0.05, 0) is 12.8 Å². The number of aromatic amines is 1. The minimum Gasteiger partial charge on any atom is -0.480 e. The minimum atomic E-state index is -1.12. The summed E-state index contributed by atoms with van der Waals surface area (Å²) in [6.45, 7) is -0.0156. The highest BCUT2D eigenvalue weighted by Crippen LogP contribution is 2.18. The summed E-state index contributed by atoms with van der Waals surface area (Å²) in [6.07, 6.45) is 4.60. The predicted octanol–water partition coefficient (Wildman–Crippen LogP) is -1.53. The van der Waals surface area contributed by atoms with E-state index in [-0.39, 0.29) is 5.91 Å². The number of carbonyl (C=O) groups excluding carboxylic acids is 2. The van der Waals surface area contributed by atoms with Gasteiger partial charge in [-0.1, -0.05) is 0 Å². The van der Waals surface area contributed by atoms with E-state index in [9.17, 15) is 14.4 Å². The number of nitrogens with zero attached hydrogens (tertiary/aromatic N) is 2. The summed E-state index contributed by atoms with van der Waals surface area (Å²) >= 11 is 0. The molecule has 0 aliphatic carbocycles. The summed E-state index contributed by atoms with van der Waals surface area (Å²) in [6, 6.07) is -1.42. The van der Waals surface area contributed by atoms with Gasteiger partial charge in [0, 0.05) is 24.9 Å². The molecule has 0 saturated carbocycles. The summed E-state index contributed by atoms with van der Waals surface area (Å²) in [5.41, 5.74) is 6.65. The maximum absolute atomic E-state index is 12.4. The Balaban J connectivity index is 1.95. The fourth-order valence-electron chi connectivity index (χ4n) is 2.52. The maximum Gasteiger partial charge on any atom is 0.322 e. The van der Waals surface area contributed by atoms with E-state index in [2.05, 4.69) is 15.3 Å². The van der Waals surface area contributed by atoms with Crippen LogP contribution in [0.5, 0.6) is 0 Å². The van der Waals surface area contributed by atoms with Crippen molar-refractivity contribution in [2.45, 2.75) is 31.3 Å². The van der Waals surface area contributed by atoms with Gasteiger partial charge in [-0.3, -0.25) is 14.4 Å². The number of carboxylic acid groups (broad SMARTS) is 1. The Hall–Kier alpha value is -2.42. The molecule has 1 aliphatic heterocycles. The molecule has 1 saturated heterocycles. The highest BCUT2D eigenvalue weighted by atomic mass is 16.4. The van der Waals surface area contributed by atoms with Crippen LogP contribution in [0, 0.1) is 0 Å². The van der Waals surface area contributed by atoms with Crippen molar-refractivity contribution in [1.29, 1.82) is 0 Å². The number of hydrogen-bond donors (Lipinski definition) is 4. The molecule has 0 radical (unpaired) electrons. The van der Waals surface area contributed by atoms with Gasteiger partial charge in [-0.2, -0.15) is 0 Å². The van der Waals surface area contributed by atoms with E-state index in [1.807, 2.05) is 0 Å². The molecule has 9 nitrogen and oxygen atoms in total. The highest BCUT2D eigenvalue weighted by molar-refractivity contribution is 5.91. The molecule has 22 heavy (non-hydrogen) atoms. The van der Waals surface area contributed by atoms with E-state index in [0.29, 0.717) is 25.8 Å². The lowest BCUT2D eigenvalue weighted by molar-refractivity contribution is -0.141. The van der Waals surface area contributed by atoms with Gasteiger partial charge < -0.3 is 26.0 Å². The van der Waals surface area contributed by atoms with Crippen LogP contribution in [0.15, 0.2) is 12.5 Å². The second-order valence-electron chi connectivity index (χ2n) is 5.19. The van der Waals surface area contributed by atoms with E-state index < -0.39 is 30.5 Å². The third-order valence-electron chi connectivity index (χ3n) is 3.56. The van der Waals surface area contributed by atoms with Crippen LogP contribution in [0.1, 0.15) is 18.5 Å². The van der Waals surface area contributed by atoms with Gasteiger partial charge in [-0.25, -0.2) is 4.98 Å². The molecule has 0 aromatic carbocycles. The lowest BCUT2D eigenvalue weighted by atomic mass is 10.1. The van der Waals surface area contributed by atoms with Crippen molar-refractivity contribution >= 4 is 17.8 Å². The zero-order chi connectivity index (χ0) is 16.1. The fraction of sp³-hybridized carbons (Fsp3) is 0.538. The molecule has 2 amide bonds. The van der Waals surface area contributed by atoms with E-state index in [1.165, 1.54) is 11.2 Å². The van der Waals surface area contributed by atoms with Crippen LogP contribution in [0.3, 0.4) is 0 Å². The normalized spacial score (nSPS) is 19.0. The maximum atomic E-state index is 12.4. The molecule has 0 bridgehead atoms. The van der Waals surface area contributed by atoms with Gasteiger partial charge in [0.1, 0.15) is 12.6 Å². The Labute approximate surface area is 126 Å². The molecular weight excluding hydrogens is 290 g/mol. The quantitative estimate of drug-likeness (QED) is 0.502. The van der Waals surface area contributed by atoms with E-state index in [4.69, 9.17) is 10.8 Å². The average molecular weight is 309 g/mol. The number of hydrogen-bond acceptors (Lipinski definition) is 5. The van der Waals surface area contributed by atoms with Gasteiger partial charge in [0.25, 0.3) is 0 Å². The van der Waals surface area contributed by atoms with Crippen LogP contribution >= 0.6 is 0 Å². The number of rotatable bonds is 6. The van der Waals surface area contributed by atoms with Crippen molar-refractivity contribution in [3.8, 4) is 0 Å². The second-order valence-corrected chi connectivity index (χ2v) is 5.19. The molecule has 1 aromatic heterocycles. The molecule has 0 spiro atoms. The van der Waals surface area contributed by atoms with Gasteiger partial charge in [0.15, 0.2) is 0 Å². The number of likely N-dealkylation sites (tertiary alicyclic amines) is 1. The van der Waals surface area contributed by atoms with Gasteiger partial charge in [0.05, 0.1) is 12.4 Å². The van der Waals surface area contributed by atoms with Crippen molar-refractivity contribution in [3.63, 3.8) is 0 Å². The predicted molar refractivity (Wildman–Crippen MR) is 75.6 cm³/mol. The number of aliphatic carboxylic acids is 1. The molecule has 5 N–H and O–H groups in total. The smallest absolute Gasteiger partial charge is 0.322 e. The third kappa shape index (κ3) is 3.82. The summed E-state index contributed by atoms with van der Waals surface area (Å²) in [4.78, 5) is 43.0. The largest absolute Gasteiger partial charge is 0.480 e. The summed E-state index contributed by atoms with van der Waals surface area (Å²) < 4.78 is 0. The van der Waals surface area contributed by atoms with Gasteiger partial charge in [0.2, 0.25) is 11.8 Å². The first-order valence-corrected chi connectivity index (χ1v) is 7.02. The second kappa shape index (κ2) is 7.03. The lowest BCUT2D eigenvalue weighted by Crippen LogP contribution is -2.52. The molecule has 1 aliphatic rings. The van der Waals surface area contributed by atoms with Crippen molar-refractivity contribution < 1.29 is 19.5 Å². The summed E-state index contributed by atoms with van der Waals surface area (Å²) in [7, 11) is 0. The van der Waals surface area contributed by atoms with Crippen molar-refractivity contribution in [1.82, 2.24) is 20.2 Å². The SMILES string of the molecule is NC(Cc1cnc[nH]1)C(=O)N1CCCC1C(=O)NCC(=O)O. The Kier molecular flexibility index (Phi) is 5.10. The molecule has 2 unspecified atom stereocenters. The number of nitrogens with one attached hydrogen (secondary N) is 2.